The van der Waals surface area contributed by atoms with Crippen molar-refractivity contribution in [3.63, 3.8) is 0 Å². The molecule has 1 fully saturated rings. The maximum atomic E-state index is 9.64. The van der Waals surface area contributed by atoms with Crippen LogP contribution in [0.2, 0.25) is 0 Å². The van der Waals surface area contributed by atoms with E-state index < -0.39 is 0 Å². The van der Waals surface area contributed by atoms with Crippen LogP contribution in [0.15, 0.2) is 24.3 Å². The summed E-state index contributed by atoms with van der Waals surface area (Å²) in [6.45, 7) is 6.24. The molecule has 0 saturated heterocycles. The molecule has 1 aliphatic rings. The maximum absolute atomic E-state index is 9.64. The molecule has 0 bridgehead atoms. The van der Waals surface area contributed by atoms with E-state index in [0.29, 0.717) is 0 Å². The smallest absolute Gasteiger partial charge is 0.120 e. The van der Waals surface area contributed by atoms with Gasteiger partial charge in [-0.15, -0.1) is 0 Å². The van der Waals surface area contributed by atoms with E-state index in [1.165, 1.54) is 5.56 Å². The van der Waals surface area contributed by atoms with Crippen LogP contribution in [0.1, 0.15) is 32.8 Å². The van der Waals surface area contributed by atoms with Crippen molar-refractivity contribution in [3.8, 4) is 5.75 Å². The summed E-state index contributed by atoms with van der Waals surface area (Å²) in [6.07, 6.45) is 1.67. The molecule has 2 heteroatoms. The van der Waals surface area contributed by atoms with Gasteiger partial charge in [0.05, 0.1) is 6.10 Å². The Morgan fingerprint density at radius 1 is 1.44 bits per heavy atom. The topological polar surface area (TPSA) is 29.5 Å². The first-order valence-corrected chi connectivity index (χ1v) is 5.97. The fraction of sp³-hybridized carbons (Fsp3) is 0.571. The fourth-order valence-electron chi connectivity index (χ4n) is 2.07. The Labute approximate surface area is 97.3 Å². The summed E-state index contributed by atoms with van der Waals surface area (Å²) in [7, 11) is 0. The Bertz CT molecular complexity index is 371. The van der Waals surface area contributed by atoms with Gasteiger partial charge < -0.3 is 9.84 Å². The van der Waals surface area contributed by atoms with Gasteiger partial charge in [0.15, 0.2) is 0 Å². The largest absolute Gasteiger partial charge is 0.490 e. The molecular weight excluding hydrogens is 200 g/mol. The lowest BCUT2D eigenvalue weighted by atomic mass is 9.66. The van der Waals surface area contributed by atoms with Gasteiger partial charge in [-0.2, -0.15) is 0 Å². The third-order valence-electron chi connectivity index (χ3n) is 3.71. The van der Waals surface area contributed by atoms with E-state index in [2.05, 4.69) is 32.9 Å². The van der Waals surface area contributed by atoms with E-state index >= 15 is 0 Å². The van der Waals surface area contributed by atoms with E-state index in [9.17, 15) is 5.11 Å². The van der Waals surface area contributed by atoms with Crippen molar-refractivity contribution in [2.75, 3.05) is 0 Å². The molecule has 1 aliphatic carbocycles. The molecule has 2 rings (SSSR count). The zero-order chi connectivity index (χ0) is 11.8. The first kappa shape index (κ1) is 11.5. The average molecular weight is 220 g/mol. The van der Waals surface area contributed by atoms with Crippen LogP contribution in [0.4, 0.5) is 0 Å². The van der Waals surface area contributed by atoms with Crippen LogP contribution in [-0.4, -0.2) is 17.3 Å². The molecule has 1 saturated carbocycles. The first-order valence-electron chi connectivity index (χ1n) is 5.97. The summed E-state index contributed by atoms with van der Waals surface area (Å²) in [5, 5.41) is 9.64. The minimum atomic E-state index is -0.230. The second kappa shape index (κ2) is 4.10. The van der Waals surface area contributed by atoms with E-state index in [-0.39, 0.29) is 17.6 Å². The normalized spacial score (nSPS) is 27.2. The lowest BCUT2D eigenvalue weighted by Crippen LogP contribution is -2.56. The number of ether oxygens (including phenoxy) is 1. The highest BCUT2D eigenvalue weighted by molar-refractivity contribution is 5.29. The molecule has 16 heavy (non-hydrogen) atoms. The van der Waals surface area contributed by atoms with Gasteiger partial charge in [-0.05, 0) is 24.1 Å². The second-order valence-electron chi connectivity index (χ2n) is 5.18. The molecule has 0 radical (unpaired) electrons. The molecule has 0 heterocycles. The Hall–Kier alpha value is -1.02. The van der Waals surface area contributed by atoms with Gasteiger partial charge in [-0.3, -0.25) is 0 Å². The van der Waals surface area contributed by atoms with Gasteiger partial charge in [-0.1, -0.05) is 32.9 Å². The summed E-state index contributed by atoms with van der Waals surface area (Å²) in [4.78, 5) is 0. The number of aliphatic hydroxyl groups is 1. The van der Waals surface area contributed by atoms with Gasteiger partial charge in [0.1, 0.15) is 11.9 Å². The van der Waals surface area contributed by atoms with Crippen LogP contribution in [-0.2, 0) is 6.42 Å². The van der Waals surface area contributed by atoms with Crippen molar-refractivity contribution in [1.29, 1.82) is 0 Å². The molecule has 0 spiro atoms. The molecule has 1 aromatic carbocycles. The molecule has 2 unspecified atom stereocenters. The van der Waals surface area contributed by atoms with Gasteiger partial charge in [0, 0.05) is 11.8 Å². The number of benzene rings is 1. The third kappa shape index (κ3) is 1.94. The highest BCUT2D eigenvalue weighted by Gasteiger charge is 2.49. The Kier molecular flexibility index (Phi) is 2.94. The summed E-state index contributed by atoms with van der Waals surface area (Å²) < 4.78 is 5.92. The van der Waals surface area contributed by atoms with Crippen LogP contribution >= 0.6 is 0 Å². The van der Waals surface area contributed by atoms with Gasteiger partial charge in [0.2, 0.25) is 0 Å². The number of rotatable bonds is 3. The standard InChI is InChI=1S/C14H20O2/c1-4-10-6-5-7-11(8-10)16-13-9-12(15)14(13,2)3/h5-8,12-13,15H,4,9H2,1-3H3. The molecule has 2 atom stereocenters. The minimum absolute atomic E-state index is 0.123. The van der Waals surface area contributed by atoms with E-state index in [0.717, 1.165) is 18.6 Å². The molecule has 2 nitrogen and oxygen atoms in total. The lowest BCUT2D eigenvalue weighted by Gasteiger charge is -2.48. The lowest BCUT2D eigenvalue weighted by molar-refractivity contribution is -0.134. The summed E-state index contributed by atoms with van der Waals surface area (Å²) in [6, 6.07) is 8.20. The van der Waals surface area contributed by atoms with Crippen molar-refractivity contribution >= 4 is 0 Å². The van der Waals surface area contributed by atoms with Crippen molar-refractivity contribution in [3.05, 3.63) is 29.8 Å². The highest BCUT2D eigenvalue weighted by Crippen LogP contribution is 2.42. The molecule has 0 aromatic heterocycles. The zero-order valence-electron chi connectivity index (χ0n) is 10.2. The number of aryl methyl sites for hydroxylation is 1. The SMILES string of the molecule is CCc1cccc(OC2CC(O)C2(C)C)c1. The van der Waals surface area contributed by atoms with Gasteiger partial charge in [0.25, 0.3) is 0 Å². The van der Waals surface area contributed by atoms with E-state index in [1.54, 1.807) is 0 Å². The predicted octanol–water partition coefficient (Wildman–Crippen LogP) is 2.79. The van der Waals surface area contributed by atoms with Crippen LogP contribution < -0.4 is 4.74 Å². The van der Waals surface area contributed by atoms with Crippen molar-refractivity contribution in [1.82, 2.24) is 0 Å². The molecule has 1 aromatic rings. The van der Waals surface area contributed by atoms with E-state index in [4.69, 9.17) is 4.74 Å². The summed E-state index contributed by atoms with van der Waals surface area (Å²) in [5.74, 6) is 0.921. The van der Waals surface area contributed by atoms with Crippen LogP contribution in [0.5, 0.6) is 5.75 Å². The number of hydrogen-bond donors (Lipinski definition) is 1. The van der Waals surface area contributed by atoms with Gasteiger partial charge in [-0.25, -0.2) is 0 Å². The van der Waals surface area contributed by atoms with Crippen LogP contribution in [0.25, 0.3) is 0 Å². The quantitative estimate of drug-likeness (QED) is 0.848. The van der Waals surface area contributed by atoms with Crippen LogP contribution in [0, 0.1) is 5.41 Å². The maximum Gasteiger partial charge on any atom is 0.120 e. The monoisotopic (exact) mass is 220 g/mol. The molecule has 1 N–H and O–H groups in total. The Balaban J connectivity index is 2.05. The Morgan fingerprint density at radius 3 is 2.75 bits per heavy atom. The molecular formula is C14H20O2. The Morgan fingerprint density at radius 2 is 2.19 bits per heavy atom. The fourth-order valence-corrected chi connectivity index (χ4v) is 2.07. The minimum Gasteiger partial charge on any atom is -0.490 e. The summed E-state index contributed by atoms with van der Waals surface area (Å²) in [5.41, 5.74) is 1.16. The van der Waals surface area contributed by atoms with Crippen molar-refractivity contribution in [2.45, 2.75) is 45.8 Å². The first-order chi connectivity index (χ1) is 7.54. The number of hydrogen-bond acceptors (Lipinski definition) is 2. The molecule has 0 aliphatic heterocycles. The third-order valence-corrected chi connectivity index (χ3v) is 3.71. The van der Waals surface area contributed by atoms with Crippen molar-refractivity contribution in [2.24, 2.45) is 5.41 Å². The zero-order valence-corrected chi connectivity index (χ0v) is 10.2. The predicted molar refractivity (Wildman–Crippen MR) is 64.6 cm³/mol. The van der Waals surface area contributed by atoms with E-state index in [1.807, 2.05) is 12.1 Å². The molecule has 0 amide bonds. The summed E-state index contributed by atoms with van der Waals surface area (Å²) >= 11 is 0. The number of aliphatic hydroxyl groups excluding tert-OH is 1. The average Bonchev–Trinajstić information content (AvgIpc) is 2.29. The van der Waals surface area contributed by atoms with Crippen LogP contribution in [0.3, 0.4) is 0 Å². The molecule has 88 valence electrons. The van der Waals surface area contributed by atoms with Gasteiger partial charge >= 0.3 is 0 Å². The van der Waals surface area contributed by atoms with Crippen molar-refractivity contribution < 1.29 is 9.84 Å². The highest BCUT2D eigenvalue weighted by atomic mass is 16.5. The second-order valence-corrected chi connectivity index (χ2v) is 5.18.